The molecule has 0 amide bonds. The van der Waals surface area contributed by atoms with E-state index in [0.717, 1.165) is 72.1 Å². The van der Waals surface area contributed by atoms with E-state index in [2.05, 4.69) is 181 Å². The van der Waals surface area contributed by atoms with Crippen molar-refractivity contribution in [1.82, 2.24) is 0 Å². The maximum atomic E-state index is 6.66. The first-order chi connectivity index (χ1) is 29.7. The molecule has 280 valence electrons. The molecule has 0 bridgehead atoms. The van der Waals surface area contributed by atoms with Crippen LogP contribution in [0.2, 0.25) is 0 Å². The number of furan rings is 2. The average molecular weight is 784 g/mol. The summed E-state index contributed by atoms with van der Waals surface area (Å²) in [6.07, 6.45) is 0. The van der Waals surface area contributed by atoms with Gasteiger partial charge >= 0.3 is 0 Å². The molecule has 3 aromatic heterocycles. The maximum absolute atomic E-state index is 6.66. The van der Waals surface area contributed by atoms with Gasteiger partial charge < -0.3 is 13.7 Å². The highest BCUT2D eigenvalue weighted by molar-refractivity contribution is 7.26. The maximum Gasteiger partial charge on any atom is 0.159 e. The third kappa shape index (κ3) is 5.01. The Labute approximate surface area is 348 Å². The summed E-state index contributed by atoms with van der Waals surface area (Å²) in [5.74, 6) is 0. The number of rotatable bonds is 5. The second-order valence-electron chi connectivity index (χ2n) is 15.6. The van der Waals surface area contributed by atoms with E-state index in [-0.39, 0.29) is 0 Å². The second-order valence-corrected chi connectivity index (χ2v) is 16.7. The summed E-state index contributed by atoms with van der Waals surface area (Å²) in [5, 5.41) is 12.0. The van der Waals surface area contributed by atoms with Crippen molar-refractivity contribution in [3.8, 4) is 22.3 Å². The smallest absolute Gasteiger partial charge is 0.159 e. The van der Waals surface area contributed by atoms with Crippen molar-refractivity contribution in [2.75, 3.05) is 4.90 Å². The summed E-state index contributed by atoms with van der Waals surface area (Å²) >= 11 is 1.88. The second kappa shape index (κ2) is 12.9. The Bertz CT molecular complexity index is 3850. The molecular formula is C56H33NO2S. The molecule has 13 rings (SSSR count). The van der Waals surface area contributed by atoms with Gasteiger partial charge in [0.1, 0.15) is 16.7 Å². The van der Waals surface area contributed by atoms with Crippen LogP contribution >= 0.6 is 11.3 Å². The van der Waals surface area contributed by atoms with Crippen molar-refractivity contribution in [1.29, 1.82) is 0 Å². The molecule has 0 aliphatic carbocycles. The third-order valence-electron chi connectivity index (χ3n) is 12.3. The first-order valence-electron chi connectivity index (χ1n) is 20.3. The highest BCUT2D eigenvalue weighted by atomic mass is 32.1. The Hall–Kier alpha value is -7.66. The van der Waals surface area contributed by atoms with Gasteiger partial charge in [-0.05, 0) is 92.8 Å². The molecule has 13 aromatic rings. The molecular weight excluding hydrogens is 751 g/mol. The van der Waals surface area contributed by atoms with Crippen LogP contribution in [0, 0.1) is 0 Å². The lowest BCUT2D eigenvalue weighted by atomic mass is 9.96. The van der Waals surface area contributed by atoms with Crippen LogP contribution in [0.25, 0.3) is 108 Å². The number of hydrogen-bond acceptors (Lipinski definition) is 4. The van der Waals surface area contributed by atoms with E-state index in [1.54, 1.807) is 0 Å². The quantitative estimate of drug-likeness (QED) is 0.163. The monoisotopic (exact) mass is 783 g/mol. The third-order valence-corrected chi connectivity index (χ3v) is 13.5. The highest BCUT2D eigenvalue weighted by Crippen LogP contribution is 2.45. The van der Waals surface area contributed by atoms with Gasteiger partial charge in [0.15, 0.2) is 5.58 Å². The van der Waals surface area contributed by atoms with E-state index in [0.29, 0.717) is 0 Å². The molecule has 0 N–H and O–H groups in total. The Balaban J connectivity index is 0.947. The van der Waals surface area contributed by atoms with Crippen LogP contribution in [-0.4, -0.2) is 0 Å². The molecule has 0 saturated heterocycles. The van der Waals surface area contributed by atoms with Gasteiger partial charge in [-0.1, -0.05) is 146 Å². The molecule has 0 unspecified atom stereocenters. The Morgan fingerprint density at radius 1 is 0.350 bits per heavy atom. The molecule has 3 nitrogen and oxygen atoms in total. The van der Waals surface area contributed by atoms with E-state index in [1.165, 1.54) is 52.8 Å². The van der Waals surface area contributed by atoms with Gasteiger partial charge in [0, 0.05) is 58.7 Å². The molecule has 10 aromatic carbocycles. The Morgan fingerprint density at radius 2 is 0.917 bits per heavy atom. The molecule has 0 atom stereocenters. The van der Waals surface area contributed by atoms with Gasteiger partial charge in [-0.15, -0.1) is 11.3 Å². The number of thiophene rings is 1. The fourth-order valence-corrected chi connectivity index (χ4v) is 10.7. The predicted molar refractivity (Wildman–Crippen MR) is 254 cm³/mol. The molecule has 4 heteroatoms. The van der Waals surface area contributed by atoms with E-state index < -0.39 is 0 Å². The summed E-state index contributed by atoms with van der Waals surface area (Å²) in [6.45, 7) is 0. The molecule has 0 spiro atoms. The van der Waals surface area contributed by atoms with Crippen LogP contribution in [0.4, 0.5) is 17.1 Å². The van der Waals surface area contributed by atoms with Crippen LogP contribution in [0.3, 0.4) is 0 Å². The molecule has 60 heavy (non-hydrogen) atoms. The summed E-state index contributed by atoms with van der Waals surface area (Å²) in [6, 6.07) is 72.0. The first-order valence-corrected chi connectivity index (χ1v) is 21.1. The zero-order valence-corrected chi connectivity index (χ0v) is 33.0. The van der Waals surface area contributed by atoms with Gasteiger partial charge in [-0.25, -0.2) is 0 Å². The van der Waals surface area contributed by atoms with E-state index in [9.17, 15) is 0 Å². The van der Waals surface area contributed by atoms with Gasteiger partial charge in [0.05, 0.1) is 5.69 Å². The summed E-state index contributed by atoms with van der Waals surface area (Å²) < 4.78 is 15.8. The van der Waals surface area contributed by atoms with Crippen molar-refractivity contribution >= 4 is 114 Å². The number of para-hydroxylation sites is 4. The van der Waals surface area contributed by atoms with Crippen LogP contribution < -0.4 is 4.90 Å². The molecule has 3 heterocycles. The zero-order chi connectivity index (χ0) is 39.3. The fourth-order valence-electron chi connectivity index (χ4n) is 9.44. The largest absolute Gasteiger partial charge is 0.455 e. The minimum absolute atomic E-state index is 0.856. The molecule has 0 radical (unpaired) electrons. The topological polar surface area (TPSA) is 29.5 Å². The summed E-state index contributed by atoms with van der Waals surface area (Å²) in [4.78, 5) is 2.33. The number of anilines is 3. The molecule has 0 fully saturated rings. The number of fused-ring (bicyclic) bond motifs is 12. The van der Waals surface area contributed by atoms with Crippen molar-refractivity contribution in [3.05, 3.63) is 200 Å². The van der Waals surface area contributed by atoms with Gasteiger partial charge in [0.2, 0.25) is 0 Å². The number of hydrogen-bond donors (Lipinski definition) is 0. The van der Waals surface area contributed by atoms with Crippen LogP contribution in [0.15, 0.2) is 209 Å². The average Bonchev–Trinajstić information content (AvgIpc) is 4.01. The Kier molecular flexibility index (Phi) is 7.18. The minimum Gasteiger partial charge on any atom is -0.455 e. The lowest BCUT2D eigenvalue weighted by Crippen LogP contribution is -2.10. The van der Waals surface area contributed by atoms with E-state index >= 15 is 0 Å². The number of nitrogens with zero attached hydrogens (tertiary/aromatic N) is 1. The van der Waals surface area contributed by atoms with Crippen LogP contribution in [0.5, 0.6) is 0 Å². The fraction of sp³-hybridized carbons (Fsp3) is 0. The summed E-state index contributed by atoms with van der Waals surface area (Å²) in [5.41, 5.74) is 11.3. The molecule has 0 saturated carbocycles. The predicted octanol–water partition coefficient (Wildman–Crippen LogP) is 17.0. The van der Waals surface area contributed by atoms with Gasteiger partial charge in [-0.2, -0.15) is 0 Å². The standard InChI is InChI=1S/C56H33NO2S/c1-4-19-51-44(10-1)47-15-7-13-42(54(47)58-51)34-24-27-38(28-25-34)57(50-18-9-16-48-45-11-2-5-20-52(45)59-55(48)50)39-29-31-41-37(33-39)23-22-35-32-36(26-30-40(35)41)43-14-8-17-49-46-12-3-6-21-53(46)60-56(43)49/h1-33H. The molecule has 0 aliphatic heterocycles. The van der Waals surface area contributed by atoms with E-state index in [4.69, 9.17) is 8.83 Å². The lowest BCUT2D eigenvalue weighted by molar-refractivity contribution is 0.669. The van der Waals surface area contributed by atoms with Crippen molar-refractivity contribution in [2.45, 2.75) is 0 Å². The van der Waals surface area contributed by atoms with Crippen LogP contribution in [-0.2, 0) is 0 Å². The number of benzene rings is 10. The SMILES string of the molecule is c1ccc2c(c1)oc1c(-c3ccc(N(c4ccc5c(ccc6cc(-c7cccc8c7sc7ccccc78)ccc65)c4)c4cccc5c4oc4ccccc45)cc3)cccc12. The van der Waals surface area contributed by atoms with Crippen LogP contribution in [0.1, 0.15) is 0 Å². The van der Waals surface area contributed by atoms with Gasteiger partial charge in [0.25, 0.3) is 0 Å². The zero-order valence-electron chi connectivity index (χ0n) is 32.2. The molecule has 0 aliphatic rings. The van der Waals surface area contributed by atoms with Crippen molar-refractivity contribution in [2.24, 2.45) is 0 Å². The minimum atomic E-state index is 0.856. The Morgan fingerprint density at radius 3 is 1.70 bits per heavy atom. The highest BCUT2D eigenvalue weighted by Gasteiger charge is 2.21. The van der Waals surface area contributed by atoms with Gasteiger partial charge in [-0.3, -0.25) is 0 Å². The lowest BCUT2D eigenvalue weighted by Gasteiger charge is -2.26. The summed E-state index contributed by atoms with van der Waals surface area (Å²) in [7, 11) is 0. The van der Waals surface area contributed by atoms with E-state index in [1.807, 2.05) is 35.6 Å². The van der Waals surface area contributed by atoms with Crippen molar-refractivity contribution in [3.63, 3.8) is 0 Å². The van der Waals surface area contributed by atoms with Crippen molar-refractivity contribution < 1.29 is 8.83 Å². The first kappa shape index (κ1) is 33.3. The normalized spacial score (nSPS) is 12.0.